The fourth-order valence-corrected chi connectivity index (χ4v) is 5.32. The van der Waals surface area contributed by atoms with E-state index in [2.05, 4.69) is 47.1 Å². The molecule has 0 saturated carbocycles. The second kappa shape index (κ2) is 9.79. The molecule has 9 nitrogen and oxygen atoms in total. The number of aryl methyl sites for hydroxylation is 3. The van der Waals surface area contributed by atoms with Crippen LogP contribution in [0.15, 0.2) is 24.4 Å². The Labute approximate surface area is 216 Å². The third-order valence-electron chi connectivity index (χ3n) is 7.29. The van der Waals surface area contributed by atoms with Crippen LogP contribution in [0.4, 0.5) is 0 Å². The lowest BCUT2D eigenvalue weighted by Gasteiger charge is -2.23. The van der Waals surface area contributed by atoms with Crippen LogP contribution in [0.2, 0.25) is 0 Å². The molecular weight excluding hydrogens is 468 g/mol. The fraction of sp³-hybridized carbons (Fsp3) is 0.464. The SMILES string of the molecule is CCc1nn(C)c2c1/C=C/c1nn(C3CCCCO3)c3ccc(cc13)-c1cnn(C)c1O[C@@H](C)COC2. The van der Waals surface area contributed by atoms with Gasteiger partial charge in [-0.1, -0.05) is 13.0 Å². The lowest BCUT2D eigenvalue weighted by molar-refractivity contribution is -0.0367. The molecule has 37 heavy (non-hydrogen) atoms. The number of ether oxygens (including phenoxy) is 3. The zero-order chi connectivity index (χ0) is 25.5. The molecular formula is C28H34N6O3. The highest BCUT2D eigenvalue weighted by molar-refractivity contribution is 5.93. The largest absolute Gasteiger partial charge is 0.472 e. The predicted molar refractivity (Wildman–Crippen MR) is 142 cm³/mol. The minimum atomic E-state index is -0.150. The van der Waals surface area contributed by atoms with E-state index in [0.29, 0.717) is 13.2 Å². The molecule has 5 heterocycles. The van der Waals surface area contributed by atoms with E-state index in [0.717, 1.165) is 82.8 Å². The fourth-order valence-electron chi connectivity index (χ4n) is 5.32. The summed E-state index contributed by atoms with van der Waals surface area (Å²) in [5.41, 5.74) is 7.12. The minimum absolute atomic E-state index is 0.0541. The molecule has 3 aromatic heterocycles. The standard InChI is InChI=1S/C28H34N6O3/c1-5-23-20-10-11-24-21-14-19(9-12-25(21)34(31-24)27-8-6-7-13-36-27)22-15-29-33(4)28(22)37-18(2)16-35-17-26(20)32(3)30-23/h9-12,14-15,18,27H,5-8,13,16-17H2,1-4H3/b11-10+/t18-,27?/m0/s1. The monoisotopic (exact) mass is 502 g/mol. The number of rotatable bonds is 2. The van der Waals surface area contributed by atoms with Gasteiger partial charge in [0.2, 0.25) is 5.88 Å². The van der Waals surface area contributed by atoms with Crippen LogP contribution in [0.1, 0.15) is 62.0 Å². The molecule has 1 fully saturated rings. The normalized spacial score (nSPS) is 21.2. The van der Waals surface area contributed by atoms with Crippen molar-refractivity contribution in [3.63, 3.8) is 0 Å². The molecule has 0 aliphatic carbocycles. The molecule has 1 aromatic carbocycles. The summed E-state index contributed by atoms with van der Waals surface area (Å²) in [6.07, 6.45) is 9.94. The first-order chi connectivity index (χ1) is 18.0. The quantitative estimate of drug-likeness (QED) is 0.388. The van der Waals surface area contributed by atoms with Crippen molar-refractivity contribution in [2.45, 2.75) is 58.5 Å². The van der Waals surface area contributed by atoms with Crippen molar-refractivity contribution in [1.29, 1.82) is 0 Å². The van der Waals surface area contributed by atoms with Crippen LogP contribution in [0.5, 0.6) is 5.88 Å². The Bertz CT molecular complexity index is 1460. The summed E-state index contributed by atoms with van der Waals surface area (Å²) in [5.74, 6) is 0.722. The smallest absolute Gasteiger partial charge is 0.219 e. The van der Waals surface area contributed by atoms with E-state index in [4.69, 9.17) is 24.4 Å². The zero-order valence-corrected chi connectivity index (χ0v) is 22.0. The Morgan fingerprint density at radius 2 is 1.97 bits per heavy atom. The first-order valence-electron chi connectivity index (χ1n) is 13.2. The molecule has 2 atom stereocenters. The Balaban J connectivity index is 1.55. The van der Waals surface area contributed by atoms with Crippen molar-refractivity contribution in [3.05, 3.63) is 47.0 Å². The summed E-state index contributed by atoms with van der Waals surface area (Å²) in [7, 11) is 3.88. The van der Waals surface area contributed by atoms with Gasteiger partial charge in [0.05, 0.1) is 47.6 Å². The van der Waals surface area contributed by atoms with Crippen LogP contribution >= 0.6 is 0 Å². The molecule has 1 unspecified atom stereocenters. The molecule has 2 aliphatic rings. The van der Waals surface area contributed by atoms with Gasteiger partial charge in [-0.3, -0.25) is 4.68 Å². The second-order valence-corrected chi connectivity index (χ2v) is 9.93. The van der Waals surface area contributed by atoms with Gasteiger partial charge in [0.15, 0.2) is 6.23 Å². The lowest BCUT2D eigenvalue weighted by atomic mass is 10.0. The first kappa shape index (κ1) is 23.9. The highest BCUT2D eigenvalue weighted by Gasteiger charge is 2.23. The average Bonchev–Trinajstić information content (AvgIpc) is 3.55. The van der Waals surface area contributed by atoms with Gasteiger partial charge in [-0.2, -0.15) is 15.3 Å². The Kier molecular flexibility index (Phi) is 6.34. The second-order valence-electron chi connectivity index (χ2n) is 9.93. The summed E-state index contributed by atoms with van der Waals surface area (Å²) < 4.78 is 24.4. The number of nitrogens with zero attached hydrogens (tertiary/aromatic N) is 6. The van der Waals surface area contributed by atoms with Crippen molar-refractivity contribution in [2.75, 3.05) is 13.2 Å². The third-order valence-corrected chi connectivity index (χ3v) is 7.29. The van der Waals surface area contributed by atoms with Crippen molar-refractivity contribution in [1.82, 2.24) is 29.3 Å². The number of benzene rings is 1. The molecule has 0 spiro atoms. The van der Waals surface area contributed by atoms with Gasteiger partial charge in [-0.25, -0.2) is 9.36 Å². The van der Waals surface area contributed by atoms with Crippen molar-refractivity contribution < 1.29 is 14.2 Å². The van der Waals surface area contributed by atoms with Crippen LogP contribution < -0.4 is 4.74 Å². The summed E-state index contributed by atoms with van der Waals surface area (Å²) in [5, 5.41) is 15.4. The van der Waals surface area contributed by atoms with E-state index in [1.165, 1.54) is 0 Å². The maximum absolute atomic E-state index is 6.35. The third kappa shape index (κ3) is 4.36. The number of hydrogen-bond acceptors (Lipinski definition) is 6. The average molecular weight is 503 g/mol. The number of fused-ring (bicyclic) bond motifs is 4. The Morgan fingerprint density at radius 1 is 1.08 bits per heavy atom. The van der Waals surface area contributed by atoms with Gasteiger partial charge >= 0.3 is 0 Å². The van der Waals surface area contributed by atoms with Crippen LogP contribution in [0, 0.1) is 0 Å². The minimum Gasteiger partial charge on any atom is -0.472 e. The molecule has 0 radical (unpaired) electrons. The predicted octanol–water partition coefficient (Wildman–Crippen LogP) is 4.90. The van der Waals surface area contributed by atoms with E-state index in [-0.39, 0.29) is 12.3 Å². The molecule has 0 amide bonds. The zero-order valence-electron chi connectivity index (χ0n) is 22.0. The van der Waals surface area contributed by atoms with Gasteiger partial charge in [0.1, 0.15) is 6.10 Å². The van der Waals surface area contributed by atoms with Crippen molar-refractivity contribution in [2.24, 2.45) is 14.1 Å². The van der Waals surface area contributed by atoms with Crippen molar-refractivity contribution >= 4 is 23.1 Å². The Hall–Kier alpha value is -3.43. The summed E-state index contributed by atoms with van der Waals surface area (Å²) >= 11 is 0. The van der Waals surface area contributed by atoms with Crippen LogP contribution in [-0.2, 0) is 36.6 Å². The molecule has 4 aromatic rings. The summed E-state index contributed by atoms with van der Waals surface area (Å²) in [6, 6.07) is 6.45. The molecule has 2 aliphatic heterocycles. The molecule has 194 valence electrons. The molecule has 6 rings (SSSR count). The van der Waals surface area contributed by atoms with E-state index in [1.807, 2.05) is 31.9 Å². The molecule has 0 N–H and O–H groups in total. The van der Waals surface area contributed by atoms with Crippen LogP contribution in [0.25, 0.3) is 34.2 Å². The van der Waals surface area contributed by atoms with E-state index >= 15 is 0 Å². The van der Waals surface area contributed by atoms with Gasteiger partial charge in [-0.05, 0) is 62.5 Å². The highest BCUT2D eigenvalue weighted by atomic mass is 16.5. The molecule has 9 heteroatoms. The van der Waals surface area contributed by atoms with Gasteiger partial charge in [0.25, 0.3) is 0 Å². The number of hydrogen-bond donors (Lipinski definition) is 0. The first-order valence-corrected chi connectivity index (χ1v) is 13.2. The summed E-state index contributed by atoms with van der Waals surface area (Å²) in [4.78, 5) is 0. The van der Waals surface area contributed by atoms with E-state index in [1.54, 1.807) is 4.68 Å². The van der Waals surface area contributed by atoms with E-state index < -0.39 is 0 Å². The van der Waals surface area contributed by atoms with Crippen molar-refractivity contribution in [3.8, 4) is 17.0 Å². The maximum Gasteiger partial charge on any atom is 0.219 e. The van der Waals surface area contributed by atoms with Gasteiger partial charge in [0, 0.05) is 31.7 Å². The maximum atomic E-state index is 6.35. The summed E-state index contributed by atoms with van der Waals surface area (Å²) in [6.45, 7) is 5.82. The molecule has 2 bridgehead atoms. The Morgan fingerprint density at radius 3 is 2.78 bits per heavy atom. The number of aromatic nitrogens is 6. The van der Waals surface area contributed by atoms with Crippen LogP contribution in [0.3, 0.4) is 0 Å². The van der Waals surface area contributed by atoms with Crippen LogP contribution in [-0.4, -0.2) is 48.7 Å². The lowest BCUT2D eigenvalue weighted by Crippen LogP contribution is -2.21. The van der Waals surface area contributed by atoms with Gasteiger partial charge < -0.3 is 14.2 Å². The van der Waals surface area contributed by atoms with E-state index in [9.17, 15) is 0 Å². The highest BCUT2D eigenvalue weighted by Crippen LogP contribution is 2.36. The van der Waals surface area contributed by atoms with Gasteiger partial charge in [-0.15, -0.1) is 0 Å². The topological polar surface area (TPSA) is 81.2 Å². The molecule has 1 saturated heterocycles.